The van der Waals surface area contributed by atoms with E-state index >= 15 is 0 Å². The Morgan fingerprint density at radius 2 is 0.480 bits per heavy atom. The topological polar surface area (TPSA) is 186 Å². The minimum absolute atomic E-state index is 0.0705. The Hall–Kier alpha value is -5.52. The monoisotopic (exact) mass is 2110 g/mol. The van der Waals surface area contributed by atoms with Crippen molar-refractivity contribution in [2.75, 3.05) is 93.9 Å². The van der Waals surface area contributed by atoms with Gasteiger partial charge in [0.25, 0.3) is 0 Å². The van der Waals surface area contributed by atoms with E-state index in [1.807, 2.05) is 19.1 Å². The van der Waals surface area contributed by atoms with Crippen molar-refractivity contribution in [3.63, 3.8) is 0 Å². The van der Waals surface area contributed by atoms with Gasteiger partial charge in [0.1, 0.15) is 24.6 Å². The van der Waals surface area contributed by atoms with Gasteiger partial charge in [0, 0.05) is 45.3 Å². The van der Waals surface area contributed by atoms with Crippen LogP contribution in [0.1, 0.15) is 619 Å². The van der Waals surface area contributed by atoms with Crippen molar-refractivity contribution in [3.05, 3.63) is 78.4 Å². The van der Waals surface area contributed by atoms with Gasteiger partial charge in [0.15, 0.2) is 0 Å². The number of rotatable bonds is 112. The molecule has 0 saturated carbocycles. The molecule has 0 N–H and O–H groups in total. The van der Waals surface area contributed by atoms with Gasteiger partial charge in [-0.1, -0.05) is 436 Å². The van der Waals surface area contributed by atoms with Crippen LogP contribution in [0.15, 0.2) is 72.9 Å². The summed E-state index contributed by atoms with van der Waals surface area (Å²) in [5.74, 6) is 1.16. The number of carbonyl (C=O) groups is 6. The molecule has 1 aromatic carbocycles. The van der Waals surface area contributed by atoms with Crippen LogP contribution in [0.3, 0.4) is 0 Å². The van der Waals surface area contributed by atoms with Crippen LogP contribution in [0.25, 0.3) is 0 Å². The van der Waals surface area contributed by atoms with Gasteiger partial charge in [-0.05, 0) is 285 Å². The molecule has 0 saturated heterocycles. The average Bonchev–Trinajstić information content (AvgIpc) is 0.903. The Morgan fingerprint density at radius 1 is 0.227 bits per heavy atom. The van der Waals surface area contributed by atoms with E-state index in [1.54, 1.807) is 12.1 Å². The highest BCUT2D eigenvalue weighted by molar-refractivity contribution is 5.70. The van der Waals surface area contributed by atoms with Crippen LogP contribution in [0.2, 0.25) is 0 Å². The summed E-state index contributed by atoms with van der Waals surface area (Å²) in [5.41, 5.74) is 1.10. The molecule has 0 bridgehead atoms. The van der Waals surface area contributed by atoms with Gasteiger partial charge in [-0.25, -0.2) is 9.59 Å². The second-order valence-corrected chi connectivity index (χ2v) is 44.6. The molecular formula is C133H247N3O14. The number of aryl methyl sites for hydroxylation is 1. The molecule has 1 rings (SSSR count). The number of hydrogen-bond donors (Lipinski definition) is 0. The molecule has 0 amide bonds. The first-order valence-electron chi connectivity index (χ1n) is 64.5. The molecule has 0 aliphatic heterocycles. The summed E-state index contributed by atoms with van der Waals surface area (Å²) < 4.78 is 45.0. The smallest absolute Gasteiger partial charge is 0.466 e. The van der Waals surface area contributed by atoms with Crippen LogP contribution >= 0.6 is 0 Å². The molecule has 878 valence electrons. The van der Waals surface area contributed by atoms with E-state index < -0.39 is 12.3 Å². The molecule has 150 heavy (non-hydrogen) atoms. The zero-order valence-electron chi connectivity index (χ0n) is 101. The molecule has 0 fully saturated rings. The molecular weight excluding hydrogens is 1860 g/mol. The SMILES string of the molecule is CCCCCCC(CCC)CCN(C)C.CCCCCCCC/C=C\CCCCCCCC(=O)OCCCCCCC(CCCCCCOC(=O)CCCCCCC/C=C\CCCCCCCC)OC(=O)OCCN(CCCCCC)CCN(C)C.CCCCCCCC/C=C\CCCCCCCC(=O)OCCCCCCC(CCCCCCOC(=O)CCCCCCC/C=C\CCCCCCCC)OC(=O)Oc1ccc(C)cc1. The first-order valence-corrected chi connectivity index (χ1v) is 64.5. The van der Waals surface area contributed by atoms with E-state index in [9.17, 15) is 28.8 Å². The van der Waals surface area contributed by atoms with E-state index in [4.69, 9.17) is 37.9 Å². The average molecular weight is 2110 g/mol. The van der Waals surface area contributed by atoms with Gasteiger partial charge >= 0.3 is 36.2 Å². The molecule has 17 nitrogen and oxygen atoms in total. The molecule has 17 heteroatoms. The summed E-state index contributed by atoms with van der Waals surface area (Å²) in [7, 11) is 8.55. The Kier molecular flexibility index (Phi) is 119. The first kappa shape index (κ1) is 147. The largest absolute Gasteiger partial charge is 0.514 e. The maximum atomic E-state index is 12.9. The second-order valence-electron chi connectivity index (χ2n) is 44.6. The summed E-state index contributed by atoms with van der Waals surface area (Å²) in [6, 6.07) is 7.38. The fourth-order valence-electron chi connectivity index (χ4n) is 19.1. The van der Waals surface area contributed by atoms with Crippen molar-refractivity contribution in [3.8, 4) is 5.75 Å². The molecule has 1 unspecified atom stereocenters. The molecule has 0 aliphatic rings. The van der Waals surface area contributed by atoms with Gasteiger partial charge in [0.05, 0.1) is 26.4 Å². The van der Waals surface area contributed by atoms with Gasteiger partial charge < -0.3 is 47.7 Å². The van der Waals surface area contributed by atoms with E-state index in [2.05, 4.69) is 140 Å². The highest BCUT2D eigenvalue weighted by Gasteiger charge is 2.20. The Balaban J connectivity index is 0. The molecule has 0 radical (unpaired) electrons. The number of allylic oxidation sites excluding steroid dienone is 8. The van der Waals surface area contributed by atoms with Crippen molar-refractivity contribution in [1.29, 1.82) is 0 Å². The number of nitrogens with zero attached hydrogens (tertiary/aromatic N) is 3. The van der Waals surface area contributed by atoms with E-state index in [0.717, 1.165) is 217 Å². The quantitative estimate of drug-likeness (QED) is 0.0197. The van der Waals surface area contributed by atoms with Gasteiger partial charge in [0.2, 0.25) is 0 Å². The normalized spacial score (nSPS) is 11.9. The van der Waals surface area contributed by atoms with Gasteiger partial charge in [-0.15, -0.1) is 0 Å². The van der Waals surface area contributed by atoms with Crippen molar-refractivity contribution in [2.24, 2.45) is 5.92 Å². The third kappa shape index (κ3) is 118. The fraction of sp³-hybridized carbons (Fsp3) is 0.850. The lowest BCUT2D eigenvalue weighted by atomic mass is 9.93. The number of likely N-dealkylation sites (N-methyl/N-ethyl adjacent to an activating group) is 1. The van der Waals surface area contributed by atoms with Crippen LogP contribution in [0, 0.1) is 12.8 Å². The Morgan fingerprint density at radius 3 is 0.773 bits per heavy atom. The van der Waals surface area contributed by atoms with E-state index in [0.29, 0.717) is 71.0 Å². The van der Waals surface area contributed by atoms with E-state index in [-0.39, 0.29) is 36.1 Å². The number of carbonyl (C=O) groups excluding carboxylic acids is 6. The second kappa shape index (κ2) is 122. The third-order valence-electron chi connectivity index (χ3n) is 29.0. The maximum Gasteiger partial charge on any atom is 0.514 e. The summed E-state index contributed by atoms with van der Waals surface area (Å²) in [5, 5.41) is 0. The maximum absolute atomic E-state index is 12.9. The van der Waals surface area contributed by atoms with Crippen LogP contribution < -0.4 is 4.74 Å². The number of ether oxygens (including phenoxy) is 8. The van der Waals surface area contributed by atoms with Crippen LogP contribution in [-0.2, 0) is 52.3 Å². The predicted octanol–water partition coefficient (Wildman–Crippen LogP) is 40.3. The summed E-state index contributed by atoms with van der Waals surface area (Å²) in [6.07, 6.45) is 118. The lowest BCUT2D eigenvalue weighted by molar-refractivity contribution is -0.144. The molecule has 0 heterocycles. The standard InChI is InChI=1S/C62H118N2O7.C57H98O7.C14H31N/c1-6-9-12-15-17-19-21-23-25-27-29-31-33-35-43-50-60(65)68-56-46-39-37-41-48-59(71-62(67)70-58-55-64(54-53-63(4)5)52-45-14-11-8-3)49-42-38-40-47-57-69-61(66)51-44-36-34-32-30-28-26-24-22-20-18-16-13-10-7-2;1-4-6-8-10-12-14-16-18-20-22-24-26-28-30-38-44-55(58)61-50-40-34-32-36-42-53(63-57(60)64-54-48-46-52(3)47-49-54)43-37-33-35-41-51-62-56(59)45-39-31-29-27-25-23-21-19-17-15-13-11-9-7-5-2;1-5-7-8-9-11-14(10-6-2)12-13-15(3)4/h23-26,59H,6-22,27-58H2,1-5H3;18-21,46-49,53H,4-17,22-45,50-51H2,1-3H3;14H,5-13H2,1-4H3/b25-23-,26-24-;20-18-,21-19-;. The molecule has 0 spiro atoms. The van der Waals surface area contributed by atoms with Crippen molar-refractivity contribution in [1.82, 2.24) is 14.7 Å². The lowest BCUT2D eigenvalue weighted by Crippen LogP contribution is -2.35. The predicted molar refractivity (Wildman–Crippen MR) is 642 cm³/mol. The summed E-state index contributed by atoms with van der Waals surface area (Å²) in [4.78, 5) is 81.6. The number of unbranched alkanes of at least 4 members (excludes halogenated alkanes) is 62. The van der Waals surface area contributed by atoms with E-state index in [1.165, 1.54) is 360 Å². The summed E-state index contributed by atoms with van der Waals surface area (Å²) >= 11 is 0. The minimum atomic E-state index is -0.662. The van der Waals surface area contributed by atoms with Crippen molar-refractivity contribution in [2.45, 2.75) is 633 Å². The van der Waals surface area contributed by atoms with Gasteiger partial charge in [-0.2, -0.15) is 0 Å². The minimum Gasteiger partial charge on any atom is -0.466 e. The first-order chi connectivity index (χ1) is 73.5. The van der Waals surface area contributed by atoms with Crippen LogP contribution in [0.5, 0.6) is 5.75 Å². The molecule has 1 aromatic rings. The summed E-state index contributed by atoms with van der Waals surface area (Å²) in [6.45, 7) is 25.1. The fourth-order valence-corrected chi connectivity index (χ4v) is 19.1. The van der Waals surface area contributed by atoms with Crippen LogP contribution in [0.4, 0.5) is 9.59 Å². The Labute approximate surface area is 928 Å². The number of benzene rings is 1. The highest BCUT2D eigenvalue weighted by atomic mass is 16.7. The van der Waals surface area contributed by atoms with Crippen molar-refractivity contribution >= 4 is 36.2 Å². The number of esters is 4. The molecule has 0 aliphatic carbocycles. The van der Waals surface area contributed by atoms with Crippen LogP contribution in [-0.4, -0.2) is 157 Å². The third-order valence-corrected chi connectivity index (χ3v) is 29.0. The Bertz CT molecular complexity index is 2970. The van der Waals surface area contributed by atoms with Gasteiger partial charge in [-0.3, -0.25) is 24.1 Å². The lowest BCUT2D eigenvalue weighted by Gasteiger charge is -2.24. The number of hydrogen-bond acceptors (Lipinski definition) is 17. The molecule has 0 aromatic heterocycles. The van der Waals surface area contributed by atoms with Crippen molar-refractivity contribution < 1.29 is 66.7 Å². The zero-order valence-corrected chi connectivity index (χ0v) is 101. The highest BCUT2D eigenvalue weighted by Crippen LogP contribution is 2.26. The zero-order chi connectivity index (χ0) is 110. The molecule has 1 atom stereocenters.